The summed E-state index contributed by atoms with van der Waals surface area (Å²) in [4.78, 5) is 28.1. The Hall–Kier alpha value is -2.22. The van der Waals surface area contributed by atoms with E-state index in [0.29, 0.717) is 13.1 Å². The maximum absolute atomic E-state index is 11.4. The topological polar surface area (TPSA) is 94.8 Å². The molecule has 1 saturated heterocycles. The van der Waals surface area contributed by atoms with Gasteiger partial charge in [0.2, 0.25) is 5.82 Å². The molecule has 0 amide bonds. The molecule has 1 aliphatic heterocycles. The zero-order chi connectivity index (χ0) is 15.4. The molecule has 0 atom stereocenters. The Labute approximate surface area is 121 Å². The predicted molar refractivity (Wildman–Crippen MR) is 74.5 cm³/mol. The second-order valence-electron chi connectivity index (χ2n) is 4.74. The van der Waals surface area contributed by atoms with Gasteiger partial charge in [0.1, 0.15) is 0 Å². The van der Waals surface area contributed by atoms with E-state index in [4.69, 9.17) is 4.74 Å². The molecule has 21 heavy (non-hydrogen) atoms. The van der Waals surface area contributed by atoms with E-state index < -0.39 is 10.9 Å². The minimum atomic E-state index is -0.643. The monoisotopic (exact) mass is 295 g/mol. The molecular weight excluding hydrogens is 278 g/mol. The summed E-state index contributed by atoms with van der Waals surface area (Å²) < 4.78 is 9.83. The van der Waals surface area contributed by atoms with Crippen LogP contribution in [0.25, 0.3) is 0 Å². The Balaban J connectivity index is 2.27. The summed E-state index contributed by atoms with van der Waals surface area (Å²) in [7, 11) is 2.88. The van der Waals surface area contributed by atoms with Crippen molar-refractivity contribution in [1.29, 1.82) is 0 Å². The van der Waals surface area contributed by atoms with Gasteiger partial charge in [-0.3, -0.25) is 10.1 Å². The number of piperidine rings is 1. The van der Waals surface area contributed by atoms with Gasteiger partial charge in [-0.2, -0.15) is 0 Å². The molecule has 0 aromatic carbocycles. The van der Waals surface area contributed by atoms with Gasteiger partial charge in [-0.1, -0.05) is 0 Å². The van der Waals surface area contributed by atoms with Gasteiger partial charge in [0.15, 0.2) is 0 Å². The highest BCUT2D eigenvalue weighted by molar-refractivity contribution is 5.90. The molecule has 8 nitrogen and oxygen atoms in total. The third-order valence-electron chi connectivity index (χ3n) is 3.54. The molecule has 1 fully saturated rings. The number of methoxy groups -OCH3 is 2. The molecule has 2 rings (SSSR count). The number of aromatic nitrogens is 1. The van der Waals surface area contributed by atoms with Crippen LogP contribution < -0.4 is 4.90 Å². The van der Waals surface area contributed by atoms with Crippen LogP contribution in [0, 0.1) is 10.1 Å². The molecule has 1 aromatic rings. The van der Waals surface area contributed by atoms with Crippen molar-refractivity contribution < 1.29 is 19.2 Å². The number of esters is 1. The van der Waals surface area contributed by atoms with Crippen LogP contribution in [-0.4, -0.2) is 49.3 Å². The Morgan fingerprint density at radius 1 is 1.43 bits per heavy atom. The van der Waals surface area contributed by atoms with Crippen molar-refractivity contribution in [3.05, 3.63) is 27.9 Å². The summed E-state index contributed by atoms with van der Waals surface area (Å²) in [6, 6.07) is 1.20. The number of anilines is 1. The first-order chi connectivity index (χ1) is 10.1. The molecule has 2 heterocycles. The number of nitro groups is 1. The van der Waals surface area contributed by atoms with Crippen molar-refractivity contribution in [2.24, 2.45) is 0 Å². The van der Waals surface area contributed by atoms with E-state index in [1.165, 1.54) is 19.4 Å². The fourth-order valence-electron chi connectivity index (χ4n) is 2.36. The van der Waals surface area contributed by atoms with Gasteiger partial charge in [-0.05, 0) is 12.8 Å². The Morgan fingerprint density at radius 2 is 2.10 bits per heavy atom. The summed E-state index contributed by atoms with van der Waals surface area (Å²) in [5, 5.41) is 11.2. The SMILES string of the molecule is COC(=O)c1cnc(N2CCC(OC)CC2)c([N+](=O)[O-])c1. The third kappa shape index (κ3) is 3.27. The second kappa shape index (κ2) is 6.49. The van der Waals surface area contributed by atoms with E-state index >= 15 is 0 Å². The Bertz CT molecular complexity index is 541. The smallest absolute Gasteiger partial charge is 0.339 e. The van der Waals surface area contributed by atoms with Crippen LogP contribution >= 0.6 is 0 Å². The number of pyridine rings is 1. The zero-order valence-corrected chi connectivity index (χ0v) is 11.9. The van der Waals surface area contributed by atoms with Crippen molar-refractivity contribution in [3.63, 3.8) is 0 Å². The number of carbonyl (C=O) groups excluding carboxylic acids is 1. The maximum atomic E-state index is 11.4. The number of hydrogen-bond donors (Lipinski definition) is 0. The molecule has 0 unspecified atom stereocenters. The molecule has 1 aromatic heterocycles. The van der Waals surface area contributed by atoms with Crippen molar-refractivity contribution in [3.8, 4) is 0 Å². The van der Waals surface area contributed by atoms with Crippen LogP contribution in [-0.2, 0) is 9.47 Å². The summed E-state index contributed by atoms with van der Waals surface area (Å²) in [5.74, 6) is -0.363. The standard InChI is InChI=1S/C13H17N3O5/c1-20-10-3-5-15(6-4-10)12-11(16(18)19)7-9(8-14-12)13(17)21-2/h7-8,10H,3-6H2,1-2H3. The maximum Gasteiger partial charge on any atom is 0.339 e. The molecule has 0 aliphatic carbocycles. The number of nitrogens with zero attached hydrogens (tertiary/aromatic N) is 3. The van der Waals surface area contributed by atoms with Gasteiger partial charge in [0.05, 0.1) is 23.7 Å². The first-order valence-corrected chi connectivity index (χ1v) is 6.57. The zero-order valence-electron chi connectivity index (χ0n) is 11.9. The van der Waals surface area contributed by atoms with Gasteiger partial charge in [0.25, 0.3) is 0 Å². The van der Waals surface area contributed by atoms with Crippen LogP contribution in [0.4, 0.5) is 11.5 Å². The van der Waals surface area contributed by atoms with E-state index in [9.17, 15) is 14.9 Å². The molecule has 0 radical (unpaired) electrons. The molecule has 0 saturated carbocycles. The summed E-state index contributed by atoms with van der Waals surface area (Å²) in [5.41, 5.74) is -0.117. The lowest BCUT2D eigenvalue weighted by Gasteiger charge is -2.31. The molecule has 0 bridgehead atoms. The first-order valence-electron chi connectivity index (χ1n) is 6.57. The van der Waals surface area contributed by atoms with E-state index in [1.54, 1.807) is 7.11 Å². The lowest BCUT2D eigenvalue weighted by molar-refractivity contribution is -0.384. The fourth-order valence-corrected chi connectivity index (χ4v) is 2.36. The summed E-state index contributed by atoms with van der Waals surface area (Å²) >= 11 is 0. The minimum Gasteiger partial charge on any atom is -0.465 e. The molecule has 0 spiro atoms. The van der Waals surface area contributed by atoms with Crippen LogP contribution in [0.2, 0.25) is 0 Å². The average molecular weight is 295 g/mol. The van der Waals surface area contributed by atoms with E-state index in [1.807, 2.05) is 4.90 Å². The minimum absolute atomic E-state index is 0.0692. The molecule has 0 N–H and O–H groups in total. The predicted octanol–water partition coefficient (Wildman–Crippen LogP) is 1.39. The third-order valence-corrected chi connectivity index (χ3v) is 3.54. The van der Waals surface area contributed by atoms with E-state index in [0.717, 1.165) is 12.8 Å². The Kier molecular flexibility index (Phi) is 4.69. The van der Waals surface area contributed by atoms with Crippen LogP contribution in [0.3, 0.4) is 0 Å². The number of rotatable bonds is 4. The highest BCUT2D eigenvalue weighted by Crippen LogP contribution is 2.29. The highest BCUT2D eigenvalue weighted by atomic mass is 16.6. The van der Waals surface area contributed by atoms with Gasteiger partial charge in [0, 0.05) is 32.5 Å². The number of carbonyl (C=O) groups is 1. The lowest BCUT2D eigenvalue weighted by Crippen LogP contribution is -2.37. The number of hydrogen-bond acceptors (Lipinski definition) is 7. The first kappa shape index (κ1) is 15.2. The van der Waals surface area contributed by atoms with Gasteiger partial charge in [-0.25, -0.2) is 9.78 Å². The number of ether oxygens (including phenoxy) is 2. The van der Waals surface area contributed by atoms with E-state index in [-0.39, 0.29) is 23.2 Å². The van der Waals surface area contributed by atoms with Gasteiger partial charge >= 0.3 is 11.7 Å². The largest absolute Gasteiger partial charge is 0.465 e. The lowest BCUT2D eigenvalue weighted by atomic mass is 10.1. The highest BCUT2D eigenvalue weighted by Gasteiger charge is 2.27. The quantitative estimate of drug-likeness (QED) is 0.470. The molecule has 1 aliphatic rings. The summed E-state index contributed by atoms with van der Waals surface area (Å²) in [6.07, 6.45) is 3.05. The van der Waals surface area contributed by atoms with Gasteiger partial charge < -0.3 is 14.4 Å². The van der Waals surface area contributed by atoms with Crippen molar-refractivity contribution in [2.45, 2.75) is 18.9 Å². The molecule has 114 valence electrons. The molecular formula is C13H17N3O5. The summed E-state index contributed by atoms with van der Waals surface area (Å²) in [6.45, 7) is 1.26. The van der Waals surface area contributed by atoms with Crippen LogP contribution in [0.1, 0.15) is 23.2 Å². The van der Waals surface area contributed by atoms with Crippen LogP contribution in [0.15, 0.2) is 12.3 Å². The normalized spacial score (nSPS) is 15.8. The second-order valence-corrected chi connectivity index (χ2v) is 4.74. The van der Waals surface area contributed by atoms with Crippen molar-refractivity contribution in [1.82, 2.24) is 4.98 Å². The molecule has 8 heteroatoms. The van der Waals surface area contributed by atoms with Crippen molar-refractivity contribution in [2.75, 3.05) is 32.2 Å². The van der Waals surface area contributed by atoms with Crippen LogP contribution in [0.5, 0.6) is 0 Å². The van der Waals surface area contributed by atoms with Gasteiger partial charge in [-0.15, -0.1) is 0 Å². The van der Waals surface area contributed by atoms with E-state index in [2.05, 4.69) is 9.72 Å². The van der Waals surface area contributed by atoms with Crippen molar-refractivity contribution >= 4 is 17.5 Å². The Morgan fingerprint density at radius 3 is 2.62 bits per heavy atom. The fraction of sp³-hybridized carbons (Fsp3) is 0.538. The average Bonchev–Trinajstić information content (AvgIpc) is 2.53.